The zero-order chi connectivity index (χ0) is 18.4. The Morgan fingerprint density at radius 3 is 2.04 bits per heavy atom. The topological polar surface area (TPSA) is 76.7 Å². The Hall–Kier alpha value is -2.54. The minimum absolute atomic E-state index is 0.0581. The van der Waals surface area contributed by atoms with Crippen LogP contribution in [0.3, 0.4) is 0 Å². The number of carbonyl (C=O) groups excluding carboxylic acids is 2. The monoisotopic (exact) mass is 406 g/mol. The second kappa shape index (κ2) is 8.53. The Kier molecular flexibility index (Phi) is 6.41. The van der Waals surface area contributed by atoms with E-state index in [1.54, 1.807) is 42.5 Å². The molecule has 0 bridgehead atoms. The molecule has 0 aliphatic heterocycles. The van der Waals surface area contributed by atoms with Gasteiger partial charge in [-0.05, 0) is 72.2 Å². The van der Waals surface area contributed by atoms with Gasteiger partial charge in [-0.2, -0.15) is 0 Å². The molecule has 0 saturated carbocycles. The van der Waals surface area contributed by atoms with E-state index in [1.165, 1.54) is 7.11 Å². The third kappa shape index (κ3) is 5.22. The van der Waals surface area contributed by atoms with Crippen molar-refractivity contribution in [1.29, 1.82) is 0 Å². The van der Waals surface area contributed by atoms with Crippen LogP contribution in [0, 0.1) is 0 Å². The number of carbonyl (C=O) groups is 2. The van der Waals surface area contributed by atoms with Gasteiger partial charge in [0.2, 0.25) is 0 Å². The number of hydrogen-bond acceptors (Lipinski definition) is 4. The molecule has 0 spiro atoms. The fourth-order valence-electron chi connectivity index (χ4n) is 2.02. The van der Waals surface area contributed by atoms with Gasteiger partial charge in [-0.15, -0.1) is 0 Å². The summed E-state index contributed by atoms with van der Waals surface area (Å²) in [7, 11) is 1.54. The van der Waals surface area contributed by atoms with E-state index in [2.05, 4.69) is 26.8 Å². The Labute approximate surface area is 154 Å². The van der Waals surface area contributed by atoms with Crippen molar-refractivity contribution in [2.75, 3.05) is 7.11 Å². The van der Waals surface area contributed by atoms with Crippen molar-refractivity contribution in [2.24, 2.45) is 0 Å². The van der Waals surface area contributed by atoms with Crippen LogP contribution < -0.4 is 20.3 Å². The van der Waals surface area contributed by atoms with Crippen LogP contribution in [0.4, 0.5) is 0 Å². The van der Waals surface area contributed by atoms with Crippen molar-refractivity contribution in [2.45, 2.75) is 20.0 Å². The van der Waals surface area contributed by atoms with E-state index in [9.17, 15) is 9.59 Å². The number of nitrogens with one attached hydrogen (secondary N) is 2. The molecule has 0 fully saturated rings. The number of benzene rings is 2. The van der Waals surface area contributed by atoms with Gasteiger partial charge in [0.25, 0.3) is 11.8 Å². The maximum atomic E-state index is 12.1. The second-order valence-corrected chi connectivity index (χ2v) is 6.30. The van der Waals surface area contributed by atoms with Crippen molar-refractivity contribution < 1.29 is 19.1 Å². The van der Waals surface area contributed by atoms with Crippen LogP contribution in [0.15, 0.2) is 46.9 Å². The molecule has 0 radical (unpaired) electrons. The summed E-state index contributed by atoms with van der Waals surface area (Å²) < 4.78 is 11.3. The van der Waals surface area contributed by atoms with Gasteiger partial charge in [-0.3, -0.25) is 20.4 Å². The molecule has 6 nitrogen and oxygen atoms in total. The lowest BCUT2D eigenvalue weighted by molar-refractivity contribution is 0.0846. The highest BCUT2D eigenvalue weighted by atomic mass is 79.9. The van der Waals surface area contributed by atoms with Crippen LogP contribution in [-0.2, 0) is 0 Å². The molecule has 2 amide bonds. The number of hydrazine groups is 1. The van der Waals surface area contributed by atoms with Crippen LogP contribution in [0.1, 0.15) is 34.6 Å². The average molecular weight is 407 g/mol. The number of halogens is 1. The SMILES string of the molecule is COc1ccc(C(=O)NNC(=O)c2ccc(OC(C)C)cc2)cc1Br. The molecular formula is C18H19BrN2O4. The van der Waals surface area contributed by atoms with E-state index in [0.29, 0.717) is 27.1 Å². The number of amides is 2. The molecule has 0 aliphatic carbocycles. The zero-order valence-corrected chi connectivity index (χ0v) is 15.7. The first-order valence-corrected chi connectivity index (χ1v) is 8.41. The fraction of sp³-hybridized carbons (Fsp3) is 0.222. The minimum atomic E-state index is -0.434. The largest absolute Gasteiger partial charge is 0.496 e. The summed E-state index contributed by atoms with van der Waals surface area (Å²) in [6.07, 6.45) is 0.0581. The molecule has 0 aliphatic rings. The van der Waals surface area contributed by atoms with Crippen molar-refractivity contribution in [1.82, 2.24) is 10.9 Å². The van der Waals surface area contributed by atoms with E-state index in [4.69, 9.17) is 9.47 Å². The van der Waals surface area contributed by atoms with E-state index < -0.39 is 11.8 Å². The Balaban J connectivity index is 1.95. The summed E-state index contributed by atoms with van der Waals surface area (Å²) in [5.41, 5.74) is 5.55. The zero-order valence-electron chi connectivity index (χ0n) is 14.1. The fourth-order valence-corrected chi connectivity index (χ4v) is 2.56. The van der Waals surface area contributed by atoms with Crippen LogP contribution in [0.5, 0.6) is 11.5 Å². The van der Waals surface area contributed by atoms with Gasteiger partial charge in [-0.25, -0.2) is 0 Å². The summed E-state index contributed by atoms with van der Waals surface area (Å²) in [5, 5.41) is 0. The lowest BCUT2D eigenvalue weighted by atomic mass is 10.2. The van der Waals surface area contributed by atoms with Crippen molar-refractivity contribution in [3.05, 3.63) is 58.1 Å². The first-order chi connectivity index (χ1) is 11.9. The van der Waals surface area contributed by atoms with E-state index >= 15 is 0 Å². The normalized spacial score (nSPS) is 10.3. The second-order valence-electron chi connectivity index (χ2n) is 5.45. The van der Waals surface area contributed by atoms with Gasteiger partial charge < -0.3 is 9.47 Å². The molecule has 0 saturated heterocycles. The van der Waals surface area contributed by atoms with E-state index in [-0.39, 0.29) is 6.10 Å². The summed E-state index contributed by atoms with van der Waals surface area (Å²) >= 11 is 3.31. The van der Waals surface area contributed by atoms with Crippen LogP contribution in [-0.4, -0.2) is 25.0 Å². The summed E-state index contributed by atoms with van der Waals surface area (Å²) in [5.74, 6) is 0.441. The molecule has 2 aromatic carbocycles. The molecule has 0 heterocycles. The van der Waals surface area contributed by atoms with Crippen LogP contribution >= 0.6 is 15.9 Å². The molecular weight excluding hydrogens is 388 g/mol. The molecule has 132 valence electrons. The Morgan fingerprint density at radius 2 is 1.52 bits per heavy atom. The van der Waals surface area contributed by atoms with Gasteiger partial charge in [0.15, 0.2) is 0 Å². The Morgan fingerprint density at radius 1 is 0.960 bits per heavy atom. The maximum absolute atomic E-state index is 12.1. The minimum Gasteiger partial charge on any atom is -0.496 e. The third-order valence-corrected chi connectivity index (χ3v) is 3.81. The smallest absolute Gasteiger partial charge is 0.269 e. The predicted molar refractivity (Wildman–Crippen MR) is 97.8 cm³/mol. The number of hydrogen-bond donors (Lipinski definition) is 2. The standard InChI is InChI=1S/C18H19BrN2O4/c1-11(2)25-14-7-4-12(5-8-14)17(22)20-21-18(23)13-6-9-16(24-3)15(19)10-13/h4-11H,1-3H3,(H,20,22)(H,21,23). The molecule has 2 aromatic rings. The third-order valence-electron chi connectivity index (χ3n) is 3.19. The van der Waals surface area contributed by atoms with Crippen LogP contribution in [0.2, 0.25) is 0 Å². The molecule has 0 aromatic heterocycles. The van der Waals surface area contributed by atoms with Crippen molar-refractivity contribution >= 4 is 27.7 Å². The van der Waals surface area contributed by atoms with Gasteiger partial charge >= 0.3 is 0 Å². The molecule has 7 heteroatoms. The molecule has 25 heavy (non-hydrogen) atoms. The van der Waals surface area contributed by atoms with Crippen molar-refractivity contribution in [3.8, 4) is 11.5 Å². The predicted octanol–water partition coefficient (Wildman–Crippen LogP) is 3.32. The molecule has 0 unspecified atom stereocenters. The van der Waals surface area contributed by atoms with Gasteiger partial charge in [0, 0.05) is 11.1 Å². The molecule has 0 atom stereocenters. The maximum Gasteiger partial charge on any atom is 0.269 e. The highest BCUT2D eigenvalue weighted by Gasteiger charge is 2.11. The molecule has 2 N–H and O–H groups in total. The van der Waals surface area contributed by atoms with E-state index in [0.717, 1.165) is 0 Å². The Bertz CT molecular complexity index is 760. The lowest BCUT2D eigenvalue weighted by Crippen LogP contribution is -2.41. The average Bonchev–Trinajstić information content (AvgIpc) is 2.59. The number of methoxy groups -OCH3 is 1. The quantitative estimate of drug-likeness (QED) is 0.746. The first kappa shape index (κ1) is 18.8. The number of rotatable bonds is 5. The van der Waals surface area contributed by atoms with Crippen LogP contribution in [0.25, 0.3) is 0 Å². The van der Waals surface area contributed by atoms with Gasteiger partial charge in [0.05, 0.1) is 17.7 Å². The number of ether oxygens (including phenoxy) is 2. The molecule has 2 rings (SSSR count). The van der Waals surface area contributed by atoms with E-state index in [1.807, 2.05) is 13.8 Å². The first-order valence-electron chi connectivity index (χ1n) is 7.61. The van der Waals surface area contributed by atoms with Gasteiger partial charge in [0.1, 0.15) is 11.5 Å². The van der Waals surface area contributed by atoms with Crippen molar-refractivity contribution in [3.63, 3.8) is 0 Å². The summed E-state index contributed by atoms with van der Waals surface area (Å²) in [6.45, 7) is 3.85. The highest BCUT2D eigenvalue weighted by Crippen LogP contribution is 2.25. The summed E-state index contributed by atoms with van der Waals surface area (Å²) in [6, 6.07) is 11.5. The summed E-state index contributed by atoms with van der Waals surface area (Å²) in [4.78, 5) is 24.2. The highest BCUT2D eigenvalue weighted by molar-refractivity contribution is 9.10. The van der Waals surface area contributed by atoms with Gasteiger partial charge in [-0.1, -0.05) is 0 Å². The lowest BCUT2D eigenvalue weighted by Gasteiger charge is -2.11.